The molecule has 0 spiro atoms. The second kappa shape index (κ2) is 6.47. The van der Waals surface area contributed by atoms with Crippen LogP contribution in [-0.2, 0) is 10.0 Å². The average molecular weight is 429 g/mol. The lowest BCUT2D eigenvalue weighted by atomic mass is 10.3. The van der Waals surface area contributed by atoms with Gasteiger partial charge in [-0.2, -0.15) is 11.8 Å². The van der Waals surface area contributed by atoms with E-state index >= 15 is 0 Å². The fraction of sp³-hybridized carbons (Fsp3) is 0.500. The maximum atomic E-state index is 12.5. The number of hydrogen-bond acceptors (Lipinski definition) is 3. The predicted octanol–water partition coefficient (Wildman–Crippen LogP) is 3.77. The van der Waals surface area contributed by atoms with Gasteiger partial charge >= 0.3 is 0 Å². The first kappa shape index (κ1) is 15.8. The Morgan fingerprint density at radius 3 is 2.74 bits per heavy atom. The molecule has 0 saturated heterocycles. The first-order valence-corrected chi connectivity index (χ1v) is 10.3. The fourth-order valence-corrected chi connectivity index (χ4v) is 6.12. The molecular formula is C12H15Br2NO2S2. The van der Waals surface area contributed by atoms with E-state index in [-0.39, 0.29) is 10.9 Å². The molecule has 0 radical (unpaired) electrons. The van der Waals surface area contributed by atoms with Crippen molar-refractivity contribution in [2.45, 2.75) is 35.4 Å². The average Bonchev–Trinajstić information content (AvgIpc) is 2.78. The summed E-state index contributed by atoms with van der Waals surface area (Å²) in [5.41, 5.74) is 0. The maximum Gasteiger partial charge on any atom is 0.242 e. The summed E-state index contributed by atoms with van der Waals surface area (Å²) in [6.07, 6.45) is 5.11. The molecule has 19 heavy (non-hydrogen) atoms. The molecule has 7 heteroatoms. The molecule has 1 saturated carbocycles. The quantitative estimate of drug-likeness (QED) is 0.793. The Hall–Kier alpha value is 0.440. The van der Waals surface area contributed by atoms with Crippen molar-refractivity contribution in [3.63, 3.8) is 0 Å². The van der Waals surface area contributed by atoms with Gasteiger partial charge in [0.25, 0.3) is 0 Å². The molecule has 2 rings (SSSR count). The first-order valence-electron chi connectivity index (χ1n) is 5.94. The van der Waals surface area contributed by atoms with Crippen LogP contribution in [0.3, 0.4) is 0 Å². The number of thioether (sulfide) groups is 1. The molecule has 0 aliphatic heterocycles. The Morgan fingerprint density at radius 2 is 2.05 bits per heavy atom. The van der Waals surface area contributed by atoms with Crippen molar-refractivity contribution < 1.29 is 8.42 Å². The van der Waals surface area contributed by atoms with E-state index in [0.717, 1.165) is 23.7 Å². The summed E-state index contributed by atoms with van der Waals surface area (Å²) in [5, 5.41) is 0.376. The van der Waals surface area contributed by atoms with Gasteiger partial charge in [-0.1, -0.05) is 22.4 Å². The highest BCUT2D eigenvalue weighted by Crippen LogP contribution is 2.31. The van der Waals surface area contributed by atoms with Crippen LogP contribution in [0, 0.1) is 0 Å². The van der Waals surface area contributed by atoms with Gasteiger partial charge in [0.05, 0.1) is 4.90 Å². The van der Waals surface area contributed by atoms with E-state index in [1.54, 1.807) is 23.9 Å². The van der Waals surface area contributed by atoms with Crippen LogP contribution in [0.25, 0.3) is 0 Å². The predicted molar refractivity (Wildman–Crippen MR) is 87.1 cm³/mol. The molecule has 106 valence electrons. The smallest absolute Gasteiger partial charge is 0.207 e. The van der Waals surface area contributed by atoms with Crippen LogP contribution in [0.5, 0.6) is 0 Å². The van der Waals surface area contributed by atoms with E-state index in [1.165, 1.54) is 0 Å². The third-order valence-electron chi connectivity index (χ3n) is 3.24. The molecule has 0 amide bonds. The van der Waals surface area contributed by atoms with E-state index < -0.39 is 10.0 Å². The van der Waals surface area contributed by atoms with Crippen molar-refractivity contribution in [2.75, 3.05) is 6.26 Å². The van der Waals surface area contributed by atoms with Gasteiger partial charge in [0.1, 0.15) is 0 Å². The van der Waals surface area contributed by atoms with E-state index in [4.69, 9.17) is 0 Å². The van der Waals surface area contributed by atoms with Crippen molar-refractivity contribution in [1.29, 1.82) is 0 Å². The number of halogens is 2. The number of rotatable bonds is 4. The van der Waals surface area contributed by atoms with Gasteiger partial charge in [-0.3, -0.25) is 0 Å². The molecule has 1 fully saturated rings. The van der Waals surface area contributed by atoms with Crippen LogP contribution in [0.15, 0.2) is 32.0 Å². The largest absolute Gasteiger partial charge is 0.242 e. The number of sulfonamides is 1. The summed E-state index contributed by atoms with van der Waals surface area (Å²) in [4.78, 5) is 0.286. The van der Waals surface area contributed by atoms with Gasteiger partial charge < -0.3 is 0 Å². The van der Waals surface area contributed by atoms with Gasteiger partial charge in [-0.05, 0) is 53.2 Å². The van der Waals surface area contributed by atoms with Gasteiger partial charge in [-0.25, -0.2) is 13.1 Å². The summed E-state index contributed by atoms with van der Waals surface area (Å²) in [7, 11) is -3.48. The highest BCUT2D eigenvalue weighted by molar-refractivity contribution is 9.11. The Balaban J connectivity index is 2.25. The Labute approximate surface area is 135 Å². The van der Waals surface area contributed by atoms with Crippen molar-refractivity contribution in [3.8, 4) is 0 Å². The van der Waals surface area contributed by atoms with E-state index in [1.807, 2.05) is 12.3 Å². The van der Waals surface area contributed by atoms with Crippen LogP contribution in [0.1, 0.15) is 19.3 Å². The zero-order valence-corrected chi connectivity index (χ0v) is 15.2. The molecule has 2 atom stereocenters. The molecular weight excluding hydrogens is 414 g/mol. The minimum Gasteiger partial charge on any atom is -0.207 e. The van der Waals surface area contributed by atoms with Crippen molar-refractivity contribution >= 4 is 53.6 Å². The lowest BCUT2D eigenvalue weighted by Crippen LogP contribution is -2.38. The monoisotopic (exact) mass is 427 g/mol. The van der Waals surface area contributed by atoms with Crippen LogP contribution >= 0.6 is 43.6 Å². The molecule has 1 aliphatic carbocycles. The Kier molecular flexibility index (Phi) is 5.39. The summed E-state index contributed by atoms with van der Waals surface area (Å²) in [5.74, 6) is 0. The molecule has 1 aromatic carbocycles. The number of nitrogens with one attached hydrogen (secondary N) is 1. The highest BCUT2D eigenvalue weighted by atomic mass is 79.9. The molecule has 1 aliphatic rings. The van der Waals surface area contributed by atoms with Crippen molar-refractivity contribution in [3.05, 3.63) is 27.1 Å². The number of hydrogen-bond donors (Lipinski definition) is 1. The zero-order chi connectivity index (χ0) is 14.0. The first-order chi connectivity index (χ1) is 8.94. The lowest BCUT2D eigenvalue weighted by Gasteiger charge is -2.19. The van der Waals surface area contributed by atoms with Crippen LogP contribution in [0.2, 0.25) is 0 Å². The van der Waals surface area contributed by atoms with Crippen LogP contribution in [-0.4, -0.2) is 26.0 Å². The normalized spacial score (nSPS) is 23.7. The second-order valence-corrected chi connectivity index (χ2v) is 9.04. The van der Waals surface area contributed by atoms with Gasteiger partial charge in [0.2, 0.25) is 10.0 Å². The molecule has 1 aromatic rings. The van der Waals surface area contributed by atoms with Gasteiger partial charge in [0, 0.05) is 20.2 Å². The molecule has 2 unspecified atom stereocenters. The molecule has 3 nitrogen and oxygen atoms in total. The van der Waals surface area contributed by atoms with E-state index in [2.05, 4.69) is 36.6 Å². The minimum absolute atomic E-state index is 0.0332. The van der Waals surface area contributed by atoms with Gasteiger partial charge in [0.15, 0.2) is 0 Å². The highest BCUT2D eigenvalue weighted by Gasteiger charge is 2.31. The third-order valence-corrected chi connectivity index (χ3v) is 7.39. The standard InChI is InChI=1S/C12H15Br2NO2S2/c1-18-11-4-2-3-10(11)15-19(16,17)12-7-8(13)5-6-9(12)14/h5-7,10-11,15H,2-4H2,1H3. The van der Waals surface area contributed by atoms with Crippen molar-refractivity contribution in [1.82, 2.24) is 4.72 Å². The maximum absolute atomic E-state index is 12.5. The SMILES string of the molecule is CSC1CCCC1NS(=O)(=O)c1cc(Br)ccc1Br. The van der Waals surface area contributed by atoms with Gasteiger partial charge in [-0.15, -0.1) is 0 Å². The summed E-state index contributed by atoms with van der Waals surface area (Å²) < 4.78 is 29.1. The summed E-state index contributed by atoms with van der Waals surface area (Å²) >= 11 is 8.35. The van der Waals surface area contributed by atoms with Crippen molar-refractivity contribution in [2.24, 2.45) is 0 Å². The zero-order valence-electron chi connectivity index (χ0n) is 10.4. The Bertz CT molecular complexity index is 563. The Morgan fingerprint density at radius 1 is 1.32 bits per heavy atom. The third kappa shape index (κ3) is 3.75. The topological polar surface area (TPSA) is 46.2 Å². The van der Waals surface area contributed by atoms with Crippen LogP contribution < -0.4 is 4.72 Å². The van der Waals surface area contributed by atoms with E-state index in [9.17, 15) is 8.42 Å². The molecule has 0 aromatic heterocycles. The number of benzene rings is 1. The molecule has 0 bridgehead atoms. The van der Waals surface area contributed by atoms with E-state index in [0.29, 0.717) is 9.72 Å². The fourth-order valence-electron chi connectivity index (χ4n) is 2.29. The summed E-state index contributed by atoms with van der Waals surface area (Å²) in [6, 6.07) is 5.20. The van der Waals surface area contributed by atoms with Crippen LogP contribution in [0.4, 0.5) is 0 Å². The lowest BCUT2D eigenvalue weighted by molar-refractivity contribution is 0.555. The second-order valence-electron chi connectivity index (χ2n) is 4.51. The minimum atomic E-state index is -3.48. The molecule has 1 N–H and O–H groups in total. The molecule has 0 heterocycles. The summed E-state index contributed by atoms with van der Waals surface area (Å²) in [6.45, 7) is 0.